The summed E-state index contributed by atoms with van der Waals surface area (Å²) in [6.07, 6.45) is 1.40. The van der Waals surface area contributed by atoms with E-state index in [2.05, 4.69) is 18.9 Å². The van der Waals surface area contributed by atoms with E-state index < -0.39 is 6.04 Å². The minimum absolute atomic E-state index is 0.0173. The third-order valence-electron chi connectivity index (χ3n) is 4.67. The molecular weight excluding hydrogens is 292 g/mol. The Morgan fingerprint density at radius 1 is 1.30 bits per heavy atom. The second-order valence-electron chi connectivity index (χ2n) is 6.75. The number of rotatable bonds is 5. The van der Waals surface area contributed by atoms with E-state index in [4.69, 9.17) is 0 Å². The number of likely N-dealkylation sites (N-methyl/N-ethyl adjacent to an activating group) is 1. The first kappa shape index (κ1) is 17.5. The van der Waals surface area contributed by atoms with Crippen molar-refractivity contribution in [2.75, 3.05) is 13.6 Å². The van der Waals surface area contributed by atoms with Gasteiger partial charge in [-0.15, -0.1) is 0 Å². The minimum atomic E-state index is -0.393. The summed E-state index contributed by atoms with van der Waals surface area (Å²) < 4.78 is 2.00. The van der Waals surface area contributed by atoms with E-state index in [0.29, 0.717) is 25.6 Å². The van der Waals surface area contributed by atoms with Gasteiger partial charge in [0.05, 0.1) is 5.69 Å². The van der Waals surface area contributed by atoms with Crippen molar-refractivity contribution in [3.63, 3.8) is 0 Å². The molecule has 1 aromatic heterocycles. The molecule has 1 aliphatic heterocycles. The third kappa shape index (κ3) is 3.41. The van der Waals surface area contributed by atoms with Crippen molar-refractivity contribution in [3.8, 4) is 0 Å². The number of carbonyl (C=O) groups excluding carboxylic acids is 2. The lowest BCUT2D eigenvalue weighted by Crippen LogP contribution is -2.46. The van der Waals surface area contributed by atoms with Crippen LogP contribution >= 0.6 is 0 Å². The lowest BCUT2D eigenvalue weighted by atomic mass is 10.1. The van der Waals surface area contributed by atoms with E-state index in [-0.39, 0.29) is 11.8 Å². The van der Waals surface area contributed by atoms with Gasteiger partial charge in [-0.3, -0.25) is 14.3 Å². The number of carbonyl (C=O) groups is 2. The molecular formula is C17H28N4O2. The summed E-state index contributed by atoms with van der Waals surface area (Å²) in [7, 11) is 1.80. The second kappa shape index (κ2) is 6.72. The highest BCUT2D eigenvalue weighted by Gasteiger charge is 2.31. The lowest BCUT2D eigenvalue weighted by Gasteiger charge is -2.28. The summed E-state index contributed by atoms with van der Waals surface area (Å²) in [5.74, 6) is 0.0654. The van der Waals surface area contributed by atoms with E-state index >= 15 is 0 Å². The molecule has 1 atom stereocenters. The Morgan fingerprint density at radius 3 is 2.43 bits per heavy atom. The number of hydrogen-bond donors (Lipinski definition) is 0. The molecule has 2 amide bonds. The smallest absolute Gasteiger partial charge is 0.245 e. The van der Waals surface area contributed by atoms with Gasteiger partial charge in [-0.1, -0.05) is 0 Å². The van der Waals surface area contributed by atoms with Gasteiger partial charge >= 0.3 is 0 Å². The van der Waals surface area contributed by atoms with Crippen LogP contribution in [0, 0.1) is 13.8 Å². The van der Waals surface area contributed by atoms with Crippen LogP contribution in [0.5, 0.6) is 0 Å². The summed E-state index contributed by atoms with van der Waals surface area (Å²) in [5.41, 5.74) is 3.15. The minimum Gasteiger partial charge on any atom is -0.340 e. The van der Waals surface area contributed by atoms with Gasteiger partial charge in [-0.05, 0) is 41.0 Å². The molecule has 0 radical (unpaired) electrons. The average molecular weight is 320 g/mol. The quantitative estimate of drug-likeness (QED) is 0.834. The zero-order valence-electron chi connectivity index (χ0n) is 15.1. The number of aromatic nitrogens is 2. The number of aryl methyl sites for hydroxylation is 1. The molecule has 1 saturated heterocycles. The molecule has 0 saturated carbocycles. The van der Waals surface area contributed by atoms with E-state index in [1.807, 2.05) is 25.5 Å². The maximum absolute atomic E-state index is 12.6. The van der Waals surface area contributed by atoms with Crippen LogP contribution in [0.3, 0.4) is 0 Å². The molecule has 128 valence electrons. The molecule has 0 aliphatic carbocycles. The van der Waals surface area contributed by atoms with Crippen molar-refractivity contribution in [2.45, 2.75) is 66.1 Å². The number of nitrogens with zero attached hydrogens (tertiary/aromatic N) is 4. The van der Waals surface area contributed by atoms with Gasteiger partial charge in [0, 0.05) is 43.9 Å². The Bertz CT molecular complexity index is 606. The Hall–Kier alpha value is -1.85. The van der Waals surface area contributed by atoms with Crippen molar-refractivity contribution in [1.82, 2.24) is 19.6 Å². The van der Waals surface area contributed by atoms with Gasteiger partial charge in [-0.2, -0.15) is 5.10 Å². The molecule has 0 unspecified atom stereocenters. The van der Waals surface area contributed by atoms with Gasteiger partial charge in [-0.25, -0.2) is 0 Å². The van der Waals surface area contributed by atoms with Crippen LogP contribution in [0.2, 0.25) is 0 Å². The Balaban J connectivity index is 2.11. The van der Waals surface area contributed by atoms with Gasteiger partial charge in [0.25, 0.3) is 0 Å². The average Bonchev–Trinajstić information content (AvgIpc) is 3.03. The fourth-order valence-corrected chi connectivity index (χ4v) is 3.27. The van der Waals surface area contributed by atoms with Gasteiger partial charge in [0.15, 0.2) is 0 Å². The van der Waals surface area contributed by atoms with Crippen LogP contribution in [0.15, 0.2) is 0 Å². The zero-order chi connectivity index (χ0) is 17.3. The molecule has 0 spiro atoms. The molecule has 1 aliphatic rings. The molecule has 1 aromatic rings. The topological polar surface area (TPSA) is 58.4 Å². The summed E-state index contributed by atoms with van der Waals surface area (Å²) in [6.45, 7) is 11.2. The highest BCUT2D eigenvalue weighted by atomic mass is 16.2. The first-order valence-corrected chi connectivity index (χ1v) is 8.33. The largest absolute Gasteiger partial charge is 0.340 e. The standard InChI is InChI=1S/C17H28N4O2/c1-11(2)21-13(4)15(12(3)18-21)10-19(6)17(23)14(5)20-9-7-8-16(20)22/h11,14H,7-10H2,1-6H3/t14-/m0/s1. The first-order chi connectivity index (χ1) is 10.7. The van der Waals surface area contributed by atoms with Crippen LogP contribution in [0.1, 0.15) is 56.6 Å². The van der Waals surface area contributed by atoms with Crippen molar-refractivity contribution in [2.24, 2.45) is 0 Å². The Kier molecular flexibility index (Phi) is 5.12. The maximum atomic E-state index is 12.6. The first-order valence-electron chi connectivity index (χ1n) is 8.33. The Labute approximate surface area is 138 Å². The molecule has 23 heavy (non-hydrogen) atoms. The SMILES string of the molecule is Cc1nn(C(C)C)c(C)c1CN(C)C(=O)[C@H](C)N1CCCC1=O. The molecule has 2 heterocycles. The molecule has 0 aromatic carbocycles. The van der Waals surface area contributed by atoms with Crippen molar-refractivity contribution >= 4 is 11.8 Å². The second-order valence-corrected chi connectivity index (χ2v) is 6.75. The third-order valence-corrected chi connectivity index (χ3v) is 4.67. The fraction of sp³-hybridized carbons (Fsp3) is 0.706. The Morgan fingerprint density at radius 2 is 1.96 bits per heavy atom. The summed E-state index contributed by atoms with van der Waals surface area (Å²) in [4.78, 5) is 27.9. The van der Waals surface area contributed by atoms with Crippen LogP contribution in [-0.2, 0) is 16.1 Å². The fourth-order valence-electron chi connectivity index (χ4n) is 3.27. The zero-order valence-corrected chi connectivity index (χ0v) is 15.1. The lowest BCUT2D eigenvalue weighted by molar-refractivity contribution is -0.142. The monoisotopic (exact) mass is 320 g/mol. The van der Waals surface area contributed by atoms with Gasteiger partial charge in [0.1, 0.15) is 6.04 Å². The normalized spacial score (nSPS) is 16.3. The van der Waals surface area contributed by atoms with Crippen LogP contribution in [0.25, 0.3) is 0 Å². The van der Waals surface area contributed by atoms with E-state index in [1.54, 1.807) is 16.8 Å². The van der Waals surface area contributed by atoms with Crippen molar-refractivity contribution in [1.29, 1.82) is 0 Å². The van der Waals surface area contributed by atoms with Gasteiger partial charge in [0.2, 0.25) is 11.8 Å². The van der Waals surface area contributed by atoms with Gasteiger partial charge < -0.3 is 9.80 Å². The van der Waals surface area contributed by atoms with E-state index in [1.165, 1.54) is 0 Å². The molecule has 6 nitrogen and oxygen atoms in total. The predicted octanol–water partition coefficient (Wildman–Crippen LogP) is 2.05. The van der Waals surface area contributed by atoms with E-state index in [9.17, 15) is 9.59 Å². The molecule has 0 N–H and O–H groups in total. The summed E-state index contributed by atoms with van der Waals surface area (Å²) in [6, 6.07) is -0.0969. The predicted molar refractivity (Wildman–Crippen MR) is 89.0 cm³/mol. The molecule has 1 fully saturated rings. The number of amides is 2. The number of hydrogen-bond acceptors (Lipinski definition) is 3. The summed E-state index contributed by atoms with van der Waals surface area (Å²) >= 11 is 0. The van der Waals surface area contributed by atoms with Crippen LogP contribution < -0.4 is 0 Å². The highest BCUT2D eigenvalue weighted by molar-refractivity contribution is 5.88. The van der Waals surface area contributed by atoms with E-state index in [0.717, 1.165) is 23.4 Å². The molecule has 0 bridgehead atoms. The van der Waals surface area contributed by atoms with Crippen molar-refractivity contribution < 1.29 is 9.59 Å². The van der Waals surface area contributed by atoms with Crippen LogP contribution in [-0.4, -0.2) is 51.0 Å². The van der Waals surface area contributed by atoms with Crippen molar-refractivity contribution in [3.05, 3.63) is 17.0 Å². The maximum Gasteiger partial charge on any atom is 0.245 e. The number of likely N-dealkylation sites (tertiary alicyclic amines) is 1. The molecule has 6 heteroatoms. The highest BCUT2D eigenvalue weighted by Crippen LogP contribution is 2.20. The summed E-state index contributed by atoms with van der Waals surface area (Å²) in [5, 5.41) is 4.57. The molecule has 2 rings (SSSR count). The van der Waals surface area contributed by atoms with Crippen LogP contribution in [0.4, 0.5) is 0 Å².